The normalized spacial score (nSPS) is 15.2. The smallest absolute Gasteiger partial charge is 0.252 e. The fraction of sp³-hybridized carbons (Fsp3) is 0.440. The maximum absolute atomic E-state index is 12.7. The van der Waals surface area contributed by atoms with E-state index < -0.39 is 0 Å². The number of thioether (sulfide) groups is 1. The number of carbonyl (C=O) groups excluding carboxylic acids is 2. The molecule has 1 aliphatic heterocycles. The molecule has 0 aromatic heterocycles. The second-order valence-corrected chi connectivity index (χ2v) is 9.23. The summed E-state index contributed by atoms with van der Waals surface area (Å²) < 4.78 is 16.3. The van der Waals surface area contributed by atoms with Crippen LogP contribution in [-0.2, 0) is 4.79 Å². The number of ether oxygens (including phenoxy) is 3. The van der Waals surface area contributed by atoms with Crippen molar-refractivity contribution in [1.29, 1.82) is 0 Å². The summed E-state index contributed by atoms with van der Waals surface area (Å²) in [5.41, 5.74) is 0.561. The highest BCUT2D eigenvalue weighted by Crippen LogP contribution is 2.35. The van der Waals surface area contributed by atoms with E-state index in [1.54, 1.807) is 24.3 Å². The Bertz CT molecular complexity index is 962. The second kappa shape index (κ2) is 11.8. The van der Waals surface area contributed by atoms with E-state index in [2.05, 4.69) is 10.6 Å². The number of fused-ring (bicyclic) bond motifs is 1. The molecule has 4 rings (SSSR count). The minimum Gasteiger partial charge on any atom is -0.492 e. The summed E-state index contributed by atoms with van der Waals surface area (Å²) in [5.74, 6) is 2.74. The van der Waals surface area contributed by atoms with Crippen LogP contribution in [-0.4, -0.2) is 44.1 Å². The molecule has 0 atom stereocenters. The number of hydrogen-bond acceptors (Lipinski definition) is 6. The molecule has 33 heavy (non-hydrogen) atoms. The monoisotopic (exact) mass is 470 g/mol. The van der Waals surface area contributed by atoms with Gasteiger partial charge in [-0.2, -0.15) is 0 Å². The Morgan fingerprint density at radius 1 is 1.00 bits per heavy atom. The molecule has 0 spiro atoms. The zero-order valence-electron chi connectivity index (χ0n) is 18.6. The fourth-order valence-electron chi connectivity index (χ4n) is 4.02. The number of benzene rings is 2. The molecule has 2 aromatic carbocycles. The van der Waals surface area contributed by atoms with E-state index in [-0.39, 0.29) is 18.6 Å². The summed E-state index contributed by atoms with van der Waals surface area (Å²) in [5, 5.41) is 5.93. The van der Waals surface area contributed by atoms with E-state index in [0.29, 0.717) is 47.6 Å². The zero-order valence-corrected chi connectivity index (χ0v) is 19.5. The molecule has 0 unspecified atom stereocenters. The molecular weight excluding hydrogens is 440 g/mol. The minimum absolute atomic E-state index is 0.0120. The van der Waals surface area contributed by atoms with Gasteiger partial charge in [-0.1, -0.05) is 31.4 Å². The Balaban J connectivity index is 1.20. The lowest BCUT2D eigenvalue weighted by Crippen LogP contribution is -2.31. The molecule has 0 radical (unpaired) electrons. The molecule has 1 heterocycles. The van der Waals surface area contributed by atoms with Gasteiger partial charge >= 0.3 is 0 Å². The SMILES string of the molecule is O=C(CSc1ccccc1C(=O)NCCOc1ccc2c(c1)OCO2)NCC1CCCCC1. The van der Waals surface area contributed by atoms with Crippen LogP contribution in [0.15, 0.2) is 47.4 Å². The van der Waals surface area contributed by atoms with Crippen molar-refractivity contribution in [2.24, 2.45) is 5.92 Å². The number of hydrogen-bond donors (Lipinski definition) is 2. The first-order chi connectivity index (χ1) is 16.2. The third-order valence-electron chi connectivity index (χ3n) is 5.80. The molecule has 7 nitrogen and oxygen atoms in total. The van der Waals surface area contributed by atoms with Crippen LogP contribution in [0.3, 0.4) is 0 Å². The molecule has 0 bridgehead atoms. The van der Waals surface area contributed by atoms with Crippen LogP contribution >= 0.6 is 11.8 Å². The number of amides is 2. The van der Waals surface area contributed by atoms with E-state index >= 15 is 0 Å². The molecule has 2 aromatic rings. The largest absolute Gasteiger partial charge is 0.492 e. The van der Waals surface area contributed by atoms with Crippen molar-refractivity contribution in [3.8, 4) is 17.2 Å². The number of carbonyl (C=O) groups is 2. The van der Waals surface area contributed by atoms with Crippen molar-refractivity contribution >= 4 is 23.6 Å². The predicted octanol–water partition coefficient (Wildman–Crippen LogP) is 4.01. The average Bonchev–Trinajstić information content (AvgIpc) is 3.33. The third kappa shape index (κ3) is 6.81. The molecule has 176 valence electrons. The lowest BCUT2D eigenvalue weighted by atomic mass is 9.89. The highest BCUT2D eigenvalue weighted by Gasteiger charge is 2.16. The van der Waals surface area contributed by atoms with Crippen molar-refractivity contribution < 1.29 is 23.8 Å². The van der Waals surface area contributed by atoms with Crippen LogP contribution in [0.25, 0.3) is 0 Å². The van der Waals surface area contributed by atoms with Crippen molar-refractivity contribution in [1.82, 2.24) is 10.6 Å². The van der Waals surface area contributed by atoms with Gasteiger partial charge in [-0.15, -0.1) is 11.8 Å². The lowest BCUT2D eigenvalue weighted by Gasteiger charge is -2.21. The second-order valence-electron chi connectivity index (χ2n) is 8.21. The van der Waals surface area contributed by atoms with Crippen LogP contribution in [0.2, 0.25) is 0 Å². The summed E-state index contributed by atoms with van der Waals surface area (Å²) in [6, 6.07) is 12.7. The number of rotatable bonds is 10. The quantitative estimate of drug-likeness (QED) is 0.403. The highest BCUT2D eigenvalue weighted by atomic mass is 32.2. The standard InChI is InChI=1S/C25H30N2O5S/c28-24(27-15-18-6-2-1-3-7-18)16-33-23-9-5-4-8-20(23)25(29)26-12-13-30-19-10-11-21-22(14-19)32-17-31-21/h4-5,8-11,14,18H,1-3,6-7,12-13,15-17H2,(H,26,29)(H,27,28). The molecule has 2 aliphatic rings. The minimum atomic E-state index is -0.185. The average molecular weight is 471 g/mol. The summed E-state index contributed by atoms with van der Waals surface area (Å²) in [7, 11) is 0. The van der Waals surface area contributed by atoms with E-state index in [1.165, 1.54) is 43.9 Å². The van der Waals surface area contributed by atoms with Crippen molar-refractivity contribution in [3.05, 3.63) is 48.0 Å². The van der Waals surface area contributed by atoms with Gasteiger partial charge in [-0.05, 0) is 43.0 Å². The van der Waals surface area contributed by atoms with E-state index in [4.69, 9.17) is 14.2 Å². The van der Waals surface area contributed by atoms with Crippen molar-refractivity contribution in [2.45, 2.75) is 37.0 Å². The molecule has 1 saturated carbocycles. The molecule has 1 aliphatic carbocycles. The lowest BCUT2D eigenvalue weighted by molar-refractivity contribution is -0.118. The summed E-state index contributed by atoms with van der Waals surface area (Å²) in [6.45, 7) is 1.65. The van der Waals surface area contributed by atoms with E-state index in [9.17, 15) is 9.59 Å². The molecule has 8 heteroatoms. The van der Waals surface area contributed by atoms with E-state index in [0.717, 1.165) is 11.4 Å². The molecule has 2 amide bonds. The summed E-state index contributed by atoms with van der Waals surface area (Å²) in [6.07, 6.45) is 6.24. The van der Waals surface area contributed by atoms with Crippen LogP contribution < -0.4 is 24.8 Å². The maximum atomic E-state index is 12.7. The van der Waals surface area contributed by atoms with Gasteiger partial charge in [-0.3, -0.25) is 9.59 Å². The van der Waals surface area contributed by atoms with Crippen LogP contribution in [0.1, 0.15) is 42.5 Å². The Morgan fingerprint density at radius 2 is 1.82 bits per heavy atom. The fourth-order valence-corrected chi connectivity index (χ4v) is 4.90. The Labute approximate surface area is 198 Å². The first-order valence-corrected chi connectivity index (χ1v) is 12.5. The first-order valence-electron chi connectivity index (χ1n) is 11.5. The van der Waals surface area contributed by atoms with Gasteiger partial charge in [0, 0.05) is 17.5 Å². The maximum Gasteiger partial charge on any atom is 0.252 e. The third-order valence-corrected chi connectivity index (χ3v) is 6.88. The molecule has 2 N–H and O–H groups in total. The van der Waals surface area contributed by atoms with Crippen molar-refractivity contribution in [3.63, 3.8) is 0 Å². The predicted molar refractivity (Wildman–Crippen MR) is 127 cm³/mol. The Kier molecular flexibility index (Phi) is 8.35. The summed E-state index contributed by atoms with van der Waals surface area (Å²) in [4.78, 5) is 25.8. The molecular formula is C25H30N2O5S. The van der Waals surface area contributed by atoms with Gasteiger partial charge in [0.05, 0.1) is 17.9 Å². The Morgan fingerprint density at radius 3 is 2.70 bits per heavy atom. The highest BCUT2D eigenvalue weighted by molar-refractivity contribution is 8.00. The van der Waals surface area contributed by atoms with Gasteiger partial charge in [0.25, 0.3) is 5.91 Å². The van der Waals surface area contributed by atoms with Crippen LogP contribution in [0.4, 0.5) is 0 Å². The van der Waals surface area contributed by atoms with Gasteiger partial charge in [0.1, 0.15) is 12.4 Å². The topological polar surface area (TPSA) is 85.9 Å². The van der Waals surface area contributed by atoms with Gasteiger partial charge in [0.15, 0.2) is 11.5 Å². The zero-order chi connectivity index (χ0) is 22.9. The van der Waals surface area contributed by atoms with E-state index in [1.807, 2.05) is 18.2 Å². The first kappa shape index (κ1) is 23.3. The van der Waals surface area contributed by atoms with Crippen LogP contribution in [0, 0.1) is 5.92 Å². The molecule has 0 saturated heterocycles. The van der Waals surface area contributed by atoms with Gasteiger partial charge in [-0.25, -0.2) is 0 Å². The van der Waals surface area contributed by atoms with Gasteiger partial charge in [0.2, 0.25) is 12.7 Å². The molecule has 1 fully saturated rings. The van der Waals surface area contributed by atoms with Gasteiger partial charge < -0.3 is 24.8 Å². The van der Waals surface area contributed by atoms with Crippen molar-refractivity contribution in [2.75, 3.05) is 32.2 Å². The Hall–Kier alpha value is -2.87. The number of nitrogens with one attached hydrogen (secondary N) is 2. The summed E-state index contributed by atoms with van der Waals surface area (Å²) >= 11 is 1.39. The van der Waals surface area contributed by atoms with Crippen LogP contribution in [0.5, 0.6) is 17.2 Å².